The summed E-state index contributed by atoms with van der Waals surface area (Å²) in [6, 6.07) is 11.3. The van der Waals surface area contributed by atoms with Crippen LogP contribution in [-0.4, -0.2) is 20.7 Å². The molecular weight excluding hydrogens is 420 g/mol. The molecule has 0 bridgehead atoms. The summed E-state index contributed by atoms with van der Waals surface area (Å²) >= 11 is 3.38. The number of aromatic nitrogens is 3. The molecule has 0 saturated carbocycles. The largest absolute Gasteiger partial charge is 0.489 e. The molecule has 0 radical (unpaired) electrons. The quantitative estimate of drug-likeness (QED) is 0.416. The van der Waals surface area contributed by atoms with Crippen LogP contribution in [0.15, 0.2) is 78.2 Å². The van der Waals surface area contributed by atoms with E-state index in [2.05, 4.69) is 37.9 Å². The zero-order chi connectivity index (χ0) is 19.8. The van der Waals surface area contributed by atoms with E-state index in [4.69, 9.17) is 4.74 Å². The van der Waals surface area contributed by atoms with Crippen molar-refractivity contribution in [1.82, 2.24) is 14.8 Å². The monoisotopic (exact) mass is 438 g/mol. The van der Waals surface area contributed by atoms with Crippen molar-refractivity contribution in [3.05, 3.63) is 89.3 Å². The van der Waals surface area contributed by atoms with Gasteiger partial charge in [-0.1, -0.05) is 24.3 Å². The third-order valence-electron chi connectivity index (χ3n) is 3.71. The van der Waals surface area contributed by atoms with Crippen LogP contribution < -0.4 is 10.1 Å². The van der Waals surface area contributed by atoms with Crippen LogP contribution in [0.2, 0.25) is 0 Å². The standard InChI is InChI=1S/C21H19BrN4O2/c1-2-12-26-14-19(22)21(25-26)24-20(27)10-7-16-5-8-18(9-6-16)28-15-17-4-3-11-23-13-17/h2-11,13-14H,1,12,15H2,(H,24,25,27)/b10-7+. The van der Waals surface area contributed by atoms with Crippen molar-refractivity contribution in [1.29, 1.82) is 0 Å². The van der Waals surface area contributed by atoms with Crippen molar-refractivity contribution >= 4 is 33.7 Å². The van der Waals surface area contributed by atoms with E-state index in [9.17, 15) is 4.79 Å². The van der Waals surface area contributed by atoms with Gasteiger partial charge in [0, 0.05) is 30.2 Å². The van der Waals surface area contributed by atoms with Crippen molar-refractivity contribution < 1.29 is 9.53 Å². The Morgan fingerprint density at radius 1 is 1.29 bits per heavy atom. The molecule has 3 rings (SSSR count). The van der Waals surface area contributed by atoms with E-state index in [1.165, 1.54) is 6.08 Å². The van der Waals surface area contributed by atoms with Crippen LogP contribution in [0, 0.1) is 0 Å². The first-order valence-corrected chi connectivity index (χ1v) is 9.38. The summed E-state index contributed by atoms with van der Waals surface area (Å²) in [7, 11) is 0. The SMILES string of the molecule is C=CCn1cc(Br)c(NC(=O)/C=C/c2ccc(OCc3cccnc3)cc2)n1. The number of carbonyl (C=O) groups is 1. The van der Waals surface area contributed by atoms with Crippen LogP contribution in [0.1, 0.15) is 11.1 Å². The van der Waals surface area contributed by atoms with Crippen molar-refractivity contribution in [2.24, 2.45) is 0 Å². The van der Waals surface area contributed by atoms with Gasteiger partial charge in [0.05, 0.1) is 11.0 Å². The molecule has 1 N–H and O–H groups in total. The van der Waals surface area contributed by atoms with Crippen molar-refractivity contribution in [3.8, 4) is 5.75 Å². The van der Waals surface area contributed by atoms with Crippen LogP contribution in [0.5, 0.6) is 5.75 Å². The summed E-state index contributed by atoms with van der Waals surface area (Å²) in [6.45, 7) is 4.69. The van der Waals surface area contributed by atoms with Crippen LogP contribution in [0.4, 0.5) is 5.82 Å². The van der Waals surface area contributed by atoms with E-state index >= 15 is 0 Å². The number of allylic oxidation sites excluding steroid dienone is 1. The van der Waals surface area contributed by atoms with Gasteiger partial charge in [0.2, 0.25) is 5.91 Å². The summed E-state index contributed by atoms with van der Waals surface area (Å²) in [4.78, 5) is 16.2. The Labute approximate surface area is 171 Å². The number of nitrogens with zero attached hydrogens (tertiary/aromatic N) is 3. The van der Waals surface area contributed by atoms with E-state index in [0.29, 0.717) is 23.4 Å². The van der Waals surface area contributed by atoms with Gasteiger partial charge >= 0.3 is 0 Å². The van der Waals surface area contributed by atoms with E-state index < -0.39 is 0 Å². The molecule has 6 nitrogen and oxygen atoms in total. The van der Waals surface area contributed by atoms with Crippen LogP contribution in [-0.2, 0) is 17.9 Å². The summed E-state index contributed by atoms with van der Waals surface area (Å²) in [5, 5.41) is 7.00. The zero-order valence-electron chi connectivity index (χ0n) is 15.1. The van der Waals surface area contributed by atoms with Crippen LogP contribution in [0.25, 0.3) is 6.08 Å². The summed E-state index contributed by atoms with van der Waals surface area (Å²) in [6.07, 6.45) is 10.2. The Morgan fingerprint density at radius 2 is 2.11 bits per heavy atom. The van der Waals surface area contributed by atoms with Crippen molar-refractivity contribution in [2.45, 2.75) is 13.2 Å². The molecule has 2 heterocycles. The minimum absolute atomic E-state index is 0.263. The normalized spacial score (nSPS) is 10.8. The molecule has 1 amide bonds. The Kier molecular flexibility index (Phi) is 6.75. The highest BCUT2D eigenvalue weighted by molar-refractivity contribution is 9.10. The Hall–Kier alpha value is -3.19. The number of carbonyl (C=O) groups excluding carboxylic acids is 1. The third-order valence-corrected chi connectivity index (χ3v) is 4.29. The maximum atomic E-state index is 12.1. The average molecular weight is 439 g/mol. The van der Waals surface area contributed by atoms with Gasteiger partial charge in [-0.25, -0.2) is 0 Å². The molecule has 0 fully saturated rings. The fourth-order valence-electron chi connectivity index (χ4n) is 2.36. The first kappa shape index (κ1) is 19.6. The first-order chi connectivity index (χ1) is 13.6. The summed E-state index contributed by atoms with van der Waals surface area (Å²) in [5.41, 5.74) is 1.89. The number of nitrogens with one attached hydrogen (secondary N) is 1. The Bertz CT molecular complexity index is 966. The molecule has 1 aromatic carbocycles. The molecule has 0 unspecified atom stereocenters. The van der Waals surface area contributed by atoms with Gasteiger partial charge < -0.3 is 10.1 Å². The lowest BCUT2D eigenvalue weighted by Gasteiger charge is -2.06. The number of hydrogen-bond donors (Lipinski definition) is 1. The number of hydrogen-bond acceptors (Lipinski definition) is 4. The summed E-state index contributed by atoms with van der Waals surface area (Å²) in [5.74, 6) is 0.958. The van der Waals surface area contributed by atoms with E-state index in [-0.39, 0.29) is 5.91 Å². The number of pyridine rings is 1. The number of rotatable bonds is 8. The second-order valence-electron chi connectivity index (χ2n) is 5.88. The zero-order valence-corrected chi connectivity index (χ0v) is 16.7. The van der Waals surface area contributed by atoms with Gasteiger partial charge in [0.25, 0.3) is 0 Å². The van der Waals surface area contributed by atoms with Crippen LogP contribution in [0.3, 0.4) is 0 Å². The third kappa shape index (κ3) is 5.65. The highest BCUT2D eigenvalue weighted by Crippen LogP contribution is 2.20. The number of amides is 1. The number of ether oxygens (including phenoxy) is 1. The topological polar surface area (TPSA) is 69.0 Å². The molecule has 28 heavy (non-hydrogen) atoms. The first-order valence-electron chi connectivity index (χ1n) is 8.59. The number of halogens is 1. The minimum atomic E-state index is -0.263. The lowest BCUT2D eigenvalue weighted by molar-refractivity contribution is -0.111. The number of anilines is 1. The van der Waals surface area contributed by atoms with E-state index in [0.717, 1.165) is 16.9 Å². The molecule has 142 valence electrons. The fourth-order valence-corrected chi connectivity index (χ4v) is 2.78. The molecule has 0 aliphatic heterocycles. The molecule has 3 aromatic rings. The number of benzene rings is 1. The Morgan fingerprint density at radius 3 is 2.82 bits per heavy atom. The summed E-state index contributed by atoms with van der Waals surface area (Å²) < 4.78 is 8.12. The molecule has 0 aliphatic rings. The van der Waals surface area contributed by atoms with Gasteiger partial charge in [0.15, 0.2) is 5.82 Å². The smallest absolute Gasteiger partial charge is 0.249 e. The molecular formula is C21H19BrN4O2. The minimum Gasteiger partial charge on any atom is -0.489 e. The van der Waals surface area contributed by atoms with Crippen LogP contribution >= 0.6 is 15.9 Å². The molecule has 0 saturated heterocycles. The van der Waals surface area contributed by atoms with Gasteiger partial charge in [-0.2, -0.15) is 5.10 Å². The highest BCUT2D eigenvalue weighted by Gasteiger charge is 2.08. The predicted molar refractivity (Wildman–Crippen MR) is 113 cm³/mol. The molecule has 0 aliphatic carbocycles. The average Bonchev–Trinajstić information content (AvgIpc) is 3.05. The van der Waals surface area contributed by atoms with Gasteiger partial charge in [-0.15, -0.1) is 6.58 Å². The maximum absolute atomic E-state index is 12.1. The highest BCUT2D eigenvalue weighted by atomic mass is 79.9. The lowest BCUT2D eigenvalue weighted by atomic mass is 10.2. The van der Waals surface area contributed by atoms with Gasteiger partial charge in [0.1, 0.15) is 12.4 Å². The molecule has 7 heteroatoms. The van der Waals surface area contributed by atoms with Crippen molar-refractivity contribution in [2.75, 3.05) is 5.32 Å². The van der Waals surface area contributed by atoms with E-state index in [1.54, 1.807) is 35.4 Å². The fraction of sp³-hybridized carbons (Fsp3) is 0.0952. The van der Waals surface area contributed by atoms with Gasteiger partial charge in [-0.05, 0) is 45.8 Å². The van der Waals surface area contributed by atoms with E-state index in [1.807, 2.05) is 36.4 Å². The predicted octanol–water partition coefficient (Wildman–Crippen LogP) is 4.46. The van der Waals surface area contributed by atoms with Gasteiger partial charge in [-0.3, -0.25) is 14.5 Å². The Balaban J connectivity index is 1.53. The maximum Gasteiger partial charge on any atom is 0.249 e. The van der Waals surface area contributed by atoms with Crippen molar-refractivity contribution in [3.63, 3.8) is 0 Å². The lowest BCUT2D eigenvalue weighted by Crippen LogP contribution is -2.09. The molecule has 2 aromatic heterocycles. The second-order valence-corrected chi connectivity index (χ2v) is 6.73. The molecule has 0 spiro atoms. The molecule has 0 atom stereocenters. The second kappa shape index (κ2) is 9.66.